The Kier molecular flexibility index (Phi) is 3.22. The number of rotatable bonds is 4. The molecule has 0 amide bonds. The van der Waals surface area contributed by atoms with E-state index in [2.05, 4.69) is 9.71 Å². The Bertz CT molecular complexity index is 765. The van der Waals surface area contributed by atoms with Crippen LogP contribution in [-0.4, -0.2) is 24.8 Å². The summed E-state index contributed by atoms with van der Waals surface area (Å²) in [4.78, 5) is 3.77. The first-order valence-corrected chi connectivity index (χ1v) is 7.60. The van der Waals surface area contributed by atoms with Gasteiger partial charge in [0.25, 0.3) is 10.0 Å². The maximum Gasteiger partial charge on any atom is 0.260 e. The topological polar surface area (TPSA) is 108 Å². The molecule has 0 saturated heterocycles. The van der Waals surface area contributed by atoms with Gasteiger partial charge in [-0.15, -0.1) is 0 Å². The van der Waals surface area contributed by atoms with Crippen LogP contribution in [0.4, 0.5) is 5.82 Å². The van der Waals surface area contributed by atoms with Gasteiger partial charge in [0.05, 0.1) is 6.33 Å². The highest BCUT2D eigenvalue weighted by atomic mass is 32.2. The number of nitrogens with zero attached hydrogens (tertiary/aromatic N) is 2. The van der Waals surface area contributed by atoms with Gasteiger partial charge in [0, 0.05) is 13.6 Å². The molecule has 9 heteroatoms. The number of sulfonamides is 1. The van der Waals surface area contributed by atoms with Gasteiger partial charge in [-0.05, 0) is 17.7 Å². The number of imidazole rings is 1. The number of aryl methyl sites for hydroxylation is 1. The minimum absolute atomic E-state index is 0.0318. The molecule has 3 N–H and O–H groups in total. The normalized spacial score (nSPS) is 13.6. The molecule has 1 aromatic heterocycles. The number of aromatic nitrogens is 2. The van der Waals surface area contributed by atoms with Gasteiger partial charge in [0.15, 0.2) is 22.3 Å². The van der Waals surface area contributed by atoms with Crippen LogP contribution in [0.3, 0.4) is 0 Å². The summed E-state index contributed by atoms with van der Waals surface area (Å²) in [6, 6.07) is 5.24. The molecular formula is C12H14N4O4S. The van der Waals surface area contributed by atoms with Crippen LogP contribution in [0.2, 0.25) is 0 Å². The number of nitrogens with two attached hydrogens (primary N) is 1. The van der Waals surface area contributed by atoms with E-state index >= 15 is 0 Å². The molecule has 21 heavy (non-hydrogen) atoms. The Morgan fingerprint density at radius 2 is 2.14 bits per heavy atom. The van der Waals surface area contributed by atoms with Crippen LogP contribution in [0.5, 0.6) is 11.5 Å². The summed E-state index contributed by atoms with van der Waals surface area (Å²) in [6.45, 7) is 0.291. The third-order valence-electron chi connectivity index (χ3n) is 3.07. The van der Waals surface area contributed by atoms with Crippen molar-refractivity contribution in [1.82, 2.24) is 14.3 Å². The summed E-state index contributed by atoms with van der Waals surface area (Å²) < 4.78 is 38.8. The molecule has 1 aliphatic heterocycles. The smallest absolute Gasteiger partial charge is 0.260 e. The second kappa shape index (κ2) is 4.93. The van der Waals surface area contributed by atoms with Crippen molar-refractivity contribution in [3.63, 3.8) is 0 Å². The molecule has 0 saturated carbocycles. The van der Waals surface area contributed by atoms with Gasteiger partial charge in [0.1, 0.15) is 0 Å². The van der Waals surface area contributed by atoms with Crippen molar-refractivity contribution in [3.05, 3.63) is 30.1 Å². The zero-order chi connectivity index (χ0) is 15.0. The zero-order valence-corrected chi connectivity index (χ0v) is 12.1. The molecule has 0 atom stereocenters. The number of hydrogen-bond acceptors (Lipinski definition) is 6. The summed E-state index contributed by atoms with van der Waals surface area (Å²) in [6.07, 6.45) is 1.35. The molecule has 0 unspecified atom stereocenters. The first-order valence-electron chi connectivity index (χ1n) is 6.12. The van der Waals surface area contributed by atoms with Crippen molar-refractivity contribution in [2.75, 3.05) is 12.5 Å². The molecule has 0 radical (unpaired) electrons. The lowest BCUT2D eigenvalue weighted by atomic mass is 10.2. The first kappa shape index (κ1) is 13.7. The third kappa shape index (κ3) is 2.52. The van der Waals surface area contributed by atoms with Crippen molar-refractivity contribution >= 4 is 15.8 Å². The van der Waals surface area contributed by atoms with E-state index in [1.165, 1.54) is 10.9 Å². The van der Waals surface area contributed by atoms with Crippen LogP contribution >= 0.6 is 0 Å². The highest BCUT2D eigenvalue weighted by Gasteiger charge is 2.22. The van der Waals surface area contributed by atoms with E-state index in [0.717, 1.165) is 5.56 Å². The molecule has 3 rings (SSSR count). The molecule has 8 nitrogen and oxygen atoms in total. The Morgan fingerprint density at radius 1 is 1.38 bits per heavy atom. The fourth-order valence-electron chi connectivity index (χ4n) is 2.06. The van der Waals surface area contributed by atoms with Gasteiger partial charge < -0.3 is 19.8 Å². The Labute approximate surface area is 121 Å². The molecule has 2 heterocycles. The monoisotopic (exact) mass is 310 g/mol. The van der Waals surface area contributed by atoms with Gasteiger partial charge >= 0.3 is 0 Å². The Balaban J connectivity index is 1.78. The van der Waals surface area contributed by atoms with E-state index in [-0.39, 0.29) is 24.2 Å². The number of nitrogens with one attached hydrogen (secondary N) is 1. The highest BCUT2D eigenvalue weighted by Crippen LogP contribution is 2.32. The predicted molar refractivity (Wildman–Crippen MR) is 74.2 cm³/mol. The molecule has 0 aliphatic carbocycles. The molecule has 0 spiro atoms. The minimum Gasteiger partial charge on any atom is -0.454 e. The fraction of sp³-hybridized carbons (Fsp3) is 0.250. The minimum atomic E-state index is -3.74. The van der Waals surface area contributed by atoms with Gasteiger partial charge in [-0.3, -0.25) is 0 Å². The lowest BCUT2D eigenvalue weighted by Gasteiger charge is -2.08. The second-order valence-corrected chi connectivity index (χ2v) is 6.24. The summed E-state index contributed by atoms with van der Waals surface area (Å²) in [5.41, 5.74) is 6.34. The molecule has 112 valence electrons. The highest BCUT2D eigenvalue weighted by molar-refractivity contribution is 7.89. The lowest BCUT2D eigenvalue weighted by molar-refractivity contribution is 0.174. The second-order valence-electron chi connectivity index (χ2n) is 4.56. The number of fused-ring (bicyclic) bond motifs is 1. The zero-order valence-electron chi connectivity index (χ0n) is 11.2. The lowest BCUT2D eigenvalue weighted by Crippen LogP contribution is -2.25. The van der Waals surface area contributed by atoms with Crippen molar-refractivity contribution in [3.8, 4) is 11.5 Å². The quantitative estimate of drug-likeness (QED) is 0.835. The van der Waals surface area contributed by atoms with Crippen LogP contribution in [-0.2, 0) is 23.6 Å². The van der Waals surface area contributed by atoms with Crippen molar-refractivity contribution < 1.29 is 17.9 Å². The summed E-state index contributed by atoms with van der Waals surface area (Å²) in [5, 5.41) is -0.0526. The molecule has 0 bridgehead atoms. The number of anilines is 1. The molecule has 1 aromatic carbocycles. The SMILES string of the molecule is Cn1cnc(N)c1S(=O)(=O)NCc1ccc2c(c1)OCO2. The van der Waals surface area contributed by atoms with E-state index in [9.17, 15) is 8.42 Å². The third-order valence-corrected chi connectivity index (χ3v) is 4.60. The maximum absolute atomic E-state index is 12.2. The molecule has 0 fully saturated rings. The Hall–Kier alpha value is -2.26. The fourth-order valence-corrected chi connectivity index (χ4v) is 3.31. The van der Waals surface area contributed by atoms with Crippen molar-refractivity contribution in [2.24, 2.45) is 7.05 Å². The van der Waals surface area contributed by atoms with Crippen molar-refractivity contribution in [1.29, 1.82) is 0 Å². The van der Waals surface area contributed by atoms with Gasteiger partial charge in [-0.2, -0.15) is 0 Å². The van der Waals surface area contributed by atoms with Gasteiger partial charge in [-0.25, -0.2) is 18.1 Å². The van der Waals surface area contributed by atoms with Gasteiger partial charge in [0.2, 0.25) is 6.79 Å². The van der Waals surface area contributed by atoms with Crippen LogP contribution in [0, 0.1) is 0 Å². The van der Waals surface area contributed by atoms with Crippen LogP contribution in [0.25, 0.3) is 0 Å². The van der Waals surface area contributed by atoms with E-state index in [1.54, 1.807) is 25.2 Å². The summed E-state index contributed by atoms with van der Waals surface area (Å²) in [7, 11) is -2.17. The Morgan fingerprint density at radius 3 is 2.86 bits per heavy atom. The van der Waals surface area contributed by atoms with E-state index in [4.69, 9.17) is 15.2 Å². The number of nitrogen functional groups attached to an aromatic ring is 1. The molecule has 1 aliphatic rings. The number of benzene rings is 1. The van der Waals surface area contributed by atoms with E-state index in [1.807, 2.05) is 0 Å². The van der Waals surface area contributed by atoms with Crippen LogP contribution in [0.15, 0.2) is 29.6 Å². The molecule has 2 aromatic rings. The standard InChI is InChI=1S/C12H14N4O4S/c1-16-6-14-11(13)12(16)21(17,18)15-5-8-2-3-9-10(4-8)20-7-19-9/h2-4,6,15H,5,7,13H2,1H3. The first-order chi connectivity index (χ1) is 9.97. The van der Waals surface area contributed by atoms with E-state index < -0.39 is 10.0 Å². The van der Waals surface area contributed by atoms with Crippen LogP contribution in [0.1, 0.15) is 5.56 Å². The summed E-state index contributed by atoms with van der Waals surface area (Å²) in [5.74, 6) is 1.22. The average molecular weight is 310 g/mol. The van der Waals surface area contributed by atoms with Crippen LogP contribution < -0.4 is 19.9 Å². The average Bonchev–Trinajstić information content (AvgIpc) is 3.02. The number of ether oxygens (including phenoxy) is 2. The number of hydrogen-bond donors (Lipinski definition) is 2. The largest absolute Gasteiger partial charge is 0.454 e. The predicted octanol–water partition coefficient (Wildman–Crippen LogP) is 0.210. The van der Waals surface area contributed by atoms with E-state index in [0.29, 0.717) is 11.5 Å². The maximum atomic E-state index is 12.2. The summed E-state index contributed by atoms with van der Waals surface area (Å²) >= 11 is 0. The van der Waals surface area contributed by atoms with Gasteiger partial charge in [-0.1, -0.05) is 6.07 Å². The van der Waals surface area contributed by atoms with Crippen molar-refractivity contribution in [2.45, 2.75) is 11.6 Å². The molecular weight excluding hydrogens is 296 g/mol.